The molecule has 3 rings (SSSR count). The van der Waals surface area contributed by atoms with Gasteiger partial charge in [0.25, 0.3) is 0 Å². The molecule has 0 spiro atoms. The van der Waals surface area contributed by atoms with Crippen LogP contribution in [0.15, 0.2) is 30.3 Å². The number of nitrogens with zero attached hydrogens (tertiary/aromatic N) is 2. The molecule has 0 bridgehead atoms. The molecule has 2 aromatic rings. The summed E-state index contributed by atoms with van der Waals surface area (Å²) in [5.41, 5.74) is 8.35. The van der Waals surface area contributed by atoms with Crippen LogP contribution < -0.4 is 11.2 Å². The second-order valence-corrected chi connectivity index (χ2v) is 6.71. The van der Waals surface area contributed by atoms with Gasteiger partial charge in [0.2, 0.25) is 0 Å². The van der Waals surface area contributed by atoms with E-state index in [2.05, 4.69) is 17.5 Å². The Hall–Kier alpha value is -2.04. The van der Waals surface area contributed by atoms with E-state index in [1.807, 2.05) is 18.2 Å². The number of hydrogen-bond donors (Lipinski definition) is 2. The summed E-state index contributed by atoms with van der Waals surface area (Å²) in [5, 5.41) is 18.3. The maximum atomic E-state index is 10.0. The normalized spacial score (nSPS) is 16.8. The van der Waals surface area contributed by atoms with Gasteiger partial charge in [-0.3, -0.25) is 0 Å². The molecule has 3 N–H and O–H groups in total. The Labute approximate surface area is 144 Å². The van der Waals surface area contributed by atoms with E-state index in [0.717, 1.165) is 5.46 Å². The van der Waals surface area contributed by atoms with Crippen LogP contribution in [-0.2, 0) is 0 Å². The molecule has 0 amide bonds. The fraction of sp³-hybridized carbons (Fsp3) is 0.474. The number of nitrogen functional groups attached to an aromatic ring is 1. The van der Waals surface area contributed by atoms with Crippen molar-refractivity contribution in [1.82, 2.24) is 10.2 Å². The highest BCUT2D eigenvalue weighted by atomic mass is 16.3. The van der Waals surface area contributed by atoms with Gasteiger partial charge in [0, 0.05) is 5.56 Å². The molecule has 1 saturated carbocycles. The van der Waals surface area contributed by atoms with Crippen molar-refractivity contribution in [2.75, 3.05) is 5.73 Å². The van der Waals surface area contributed by atoms with E-state index in [1.165, 1.54) is 51.4 Å². The third kappa shape index (κ3) is 4.28. The Morgan fingerprint density at radius 1 is 0.958 bits per heavy atom. The molecule has 0 saturated heterocycles. The predicted molar refractivity (Wildman–Crippen MR) is 99.6 cm³/mol. The van der Waals surface area contributed by atoms with Crippen LogP contribution >= 0.6 is 0 Å². The first-order valence-electron chi connectivity index (χ1n) is 9.00. The average Bonchev–Trinajstić information content (AvgIpc) is 2.71. The van der Waals surface area contributed by atoms with Crippen LogP contribution in [0.1, 0.15) is 51.4 Å². The van der Waals surface area contributed by atoms with Crippen molar-refractivity contribution in [3.8, 4) is 17.0 Å². The summed E-state index contributed by atoms with van der Waals surface area (Å²) >= 11 is 0. The van der Waals surface area contributed by atoms with E-state index in [1.54, 1.807) is 12.1 Å². The molecular formula is C19H25BN3O. The van der Waals surface area contributed by atoms with E-state index >= 15 is 0 Å². The number of aromatic nitrogens is 2. The Balaban J connectivity index is 1.79. The Kier molecular flexibility index (Phi) is 5.73. The summed E-state index contributed by atoms with van der Waals surface area (Å²) in [5.74, 6) is 1.23. The minimum atomic E-state index is 0.213. The standard InChI is InChI=1S/C19H25BN3O/c21-19-16(20-14-9-5-3-1-2-4-6-10-14)13-17(22-23-19)15-11-7-8-12-18(15)24/h7-8,11-14,24H,1-6,9-10H2,(H2,21,23). The Morgan fingerprint density at radius 3 is 2.33 bits per heavy atom. The SMILES string of the molecule is Nc1nnc(-c2ccccc2O)cc1[B]C1CCCCCCCC1. The molecule has 24 heavy (non-hydrogen) atoms. The first kappa shape index (κ1) is 16.8. The van der Waals surface area contributed by atoms with Gasteiger partial charge in [0.1, 0.15) is 11.6 Å². The molecule has 0 unspecified atom stereocenters. The molecular weight excluding hydrogens is 297 g/mol. The number of nitrogens with two attached hydrogens (primary N) is 1. The van der Waals surface area contributed by atoms with Crippen LogP contribution in [0.25, 0.3) is 11.3 Å². The molecule has 1 aliphatic rings. The van der Waals surface area contributed by atoms with Crippen molar-refractivity contribution >= 4 is 18.6 Å². The molecule has 1 fully saturated rings. The summed E-state index contributed by atoms with van der Waals surface area (Å²) in [7, 11) is 2.26. The quantitative estimate of drug-likeness (QED) is 0.846. The fourth-order valence-corrected chi connectivity index (χ4v) is 3.46. The molecule has 4 nitrogen and oxygen atoms in total. The first-order valence-corrected chi connectivity index (χ1v) is 9.00. The number of anilines is 1. The summed E-state index contributed by atoms with van der Waals surface area (Å²) < 4.78 is 0. The van der Waals surface area contributed by atoms with Crippen LogP contribution in [0, 0.1) is 0 Å². The first-order chi connectivity index (χ1) is 11.7. The van der Waals surface area contributed by atoms with E-state index in [-0.39, 0.29) is 5.75 Å². The van der Waals surface area contributed by atoms with E-state index in [0.29, 0.717) is 22.9 Å². The van der Waals surface area contributed by atoms with Gasteiger partial charge in [-0.05, 0) is 23.7 Å². The summed E-state index contributed by atoms with van der Waals surface area (Å²) in [6, 6.07) is 9.14. The van der Waals surface area contributed by atoms with Gasteiger partial charge in [-0.25, -0.2) is 0 Å². The molecule has 1 aromatic heterocycles. The second kappa shape index (κ2) is 8.18. The summed E-state index contributed by atoms with van der Waals surface area (Å²) in [4.78, 5) is 0. The molecule has 1 aromatic carbocycles. The number of phenols is 1. The van der Waals surface area contributed by atoms with Crippen LogP contribution in [0.2, 0.25) is 5.82 Å². The number of aromatic hydroxyl groups is 1. The fourth-order valence-electron chi connectivity index (χ4n) is 3.46. The Bertz CT molecular complexity index is 667. The third-order valence-electron chi connectivity index (χ3n) is 4.85. The van der Waals surface area contributed by atoms with E-state index in [9.17, 15) is 5.11 Å². The molecule has 1 heterocycles. The van der Waals surface area contributed by atoms with Gasteiger partial charge in [-0.15, -0.1) is 10.2 Å². The number of rotatable bonds is 3. The number of benzene rings is 1. The largest absolute Gasteiger partial charge is 0.507 e. The molecule has 1 aliphatic carbocycles. The zero-order chi connectivity index (χ0) is 16.8. The number of para-hydroxylation sites is 1. The average molecular weight is 322 g/mol. The summed E-state index contributed by atoms with van der Waals surface area (Å²) in [6.07, 6.45) is 10.4. The van der Waals surface area contributed by atoms with Gasteiger partial charge >= 0.3 is 0 Å². The third-order valence-corrected chi connectivity index (χ3v) is 4.85. The lowest BCUT2D eigenvalue weighted by Crippen LogP contribution is -2.25. The highest BCUT2D eigenvalue weighted by Crippen LogP contribution is 2.28. The Morgan fingerprint density at radius 2 is 1.62 bits per heavy atom. The summed E-state index contributed by atoms with van der Waals surface area (Å²) in [6.45, 7) is 0. The lowest BCUT2D eigenvalue weighted by molar-refractivity contribution is 0.477. The van der Waals surface area contributed by atoms with Crippen molar-refractivity contribution in [3.05, 3.63) is 30.3 Å². The number of hydrogen-bond acceptors (Lipinski definition) is 4. The van der Waals surface area contributed by atoms with Crippen molar-refractivity contribution in [3.63, 3.8) is 0 Å². The van der Waals surface area contributed by atoms with Gasteiger partial charge in [-0.1, -0.05) is 69.3 Å². The van der Waals surface area contributed by atoms with Gasteiger partial charge in [0.05, 0.1) is 5.69 Å². The highest BCUT2D eigenvalue weighted by Gasteiger charge is 2.17. The van der Waals surface area contributed by atoms with Crippen molar-refractivity contribution < 1.29 is 5.11 Å². The van der Waals surface area contributed by atoms with Crippen LogP contribution in [0.5, 0.6) is 5.75 Å². The van der Waals surface area contributed by atoms with Crippen molar-refractivity contribution in [2.45, 2.75) is 57.2 Å². The smallest absolute Gasteiger partial charge is 0.160 e. The monoisotopic (exact) mass is 322 g/mol. The van der Waals surface area contributed by atoms with Gasteiger partial charge < -0.3 is 10.8 Å². The van der Waals surface area contributed by atoms with Crippen LogP contribution in [0.3, 0.4) is 0 Å². The van der Waals surface area contributed by atoms with Crippen LogP contribution in [0.4, 0.5) is 5.82 Å². The van der Waals surface area contributed by atoms with Crippen molar-refractivity contribution in [2.24, 2.45) is 0 Å². The zero-order valence-electron chi connectivity index (χ0n) is 14.1. The minimum absolute atomic E-state index is 0.213. The molecule has 5 heteroatoms. The van der Waals surface area contributed by atoms with Gasteiger partial charge in [-0.2, -0.15) is 0 Å². The van der Waals surface area contributed by atoms with Crippen molar-refractivity contribution in [1.29, 1.82) is 0 Å². The maximum absolute atomic E-state index is 10.0. The predicted octanol–water partition coefficient (Wildman–Crippen LogP) is 3.68. The maximum Gasteiger partial charge on any atom is 0.160 e. The molecule has 1 radical (unpaired) electrons. The topological polar surface area (TPSA) is 72.0 Å². The molecule has 125 valence electrons. The van der Waals surface area contributed by atoms with E-state index in [4.69, 9.17) is 5.73 Å². The number of phenolic OH excluding ortho intramolecular Hbond substituents is 1. The molecule has 0 aliphatic heterocycles. The molecule has 0 atom stereocenters. The lowest BCUT2D eigenvalue weighted by Gasteiger charge is -2.16. The van der Waals surface area contributed by atoms with E-state index < -0.39 is 0 Å². The zero-order valence-corrected chi connectivity index (χ0v) is 14.1. The van der Waals surface area contributed by atoms with Crippen LogP contribution in [-0.4, -0.2) is 22.6 Å². The van der Waals surface area contributed by atoms with Gasteiger partial charge in [0.15, 0.2) is 7.28 Å². The lowest BCUT2D eigenvalue weighted by atomic mass is 9.56. The highest BCUT2D eigenvalue weighted by molar-refractivity contribution is 6.56. The second-order valence-electron chi connectivity index (χ2n) is 6.71. The minimum Gasteiger partial charge on any atom is -0.507 e.